The van der Waals surface area contributed by atoms with Crippen LogP contribution in [0.2, 0.25) is 0 Å². The Bertz CT molecular complexity index is 1170. The molecule has 0 aliphatic carbocycles. The third-order valence-corrected chi connectivity index (χ3v) is 7.72. The molecule has 0 radical (unpaired) electrons. The summed E-state index contributed by atoms with van der Waals surface area (Å²) in [6.07, 6.45) is -5.97. The third-order valence-electron chi connectivity index (χ3n) is 3.92. The summed E-state index contributed by atoms with van der Waals surface area (Å²) in [5, 5.41) is 19.6. The summed E-state index contributed by atoms with van der Waals surface area (Å²) >= 11 is 0. The average molecular weight is 556 g/mol. The van der Waals surface area contributed by atoms with E-state index in [1.165, 1.54) is 0 Å². The lowest BCUT2D eigenvalue weighted by Crippen LogP contribution is -2.41. The van der Waals surface area contributed by atoms with Gasteiger partial charge in [0, 0.05) is 13.1 Å². The fraction of sp³-hybridized carbons (Fsp3) is 0.583. The van der Waals surface area contributed by atoms with Crippen molar-refractivity contribution in [3.8, 4) is 0 Å². The minimum absolute atomic E-state index is 0.309. The van der Waals surface area contributed by atoms with E-state index in [4.69, 9.17) is 24.2 Å². The molecule has 1 aliphatic heterocycles. The predicted octanol–water partition coefficient (Wildman–Crippen LogP) is -2.44. The van der Waals surface area contributed by atoms with Gasteiger partial charge in [-0.3, -0.25) is 23.7 Å². The van der Waals surface area contributed by atoms with Crippen LogP contribution in [-0.4, -0.2) is 70.2 Å². The number of carbonyl (C=O) groups is 1. The van der Waals surface area contributed by atoms with Gasteiger partial charge in [-0.05, 0) is 0 Å². The lowest BCUT2D eigenvalue weighted by Gasteiger charge is -2.21. The SMILES string of the molecule is CC(=O)O[C@H]1C(O)[C@@H](COP(=O)(O)OP(=O)(O)OP(=O)(O)O)O[C@H]1n1cc(CO)c(=O)[nH]c1=O. The highest BCUT2D eigenvalue weighted by Gasteiger charge is 2.49. The second-order valence-corrected chi connectivity index (χ2v) is 10.9. The van der Waals surface area contributed by atoms with Gasteiger partial charge in [-0.1, -0.05) is 0 Å². The van der Waals surface area contributed by atoms with E-state index in [0.29, 0.717) is 4.57 Å². The monoisotopic (exact) mass is 556 g/mol. The van der Waals surface area contributed by atoms with Crippen molar-refractivity contribution in [2.24, 2.45) is 0 Å². The van der Waals surface area contributed by atoms with E-state index < -0.39 is 78.4 Å². The number of hydrogen-bond donors (Lipinski definition) is 7. The molecule has 1 aromatic rings. The number of carbonyl (C=O) groups excluding carboxylic acids is 1. The molecule has 7 N–H and O–H groups in total. The number of aromatic amines is 1. The van der Waals surface area contributed by atoms with Crippen molar-refractivity contribution < 1.29 is 70.9 Å². The molecule has 22 heteroatoms. The molecular weight excluding hydrogens is 537 g/mol. The van der Waals surface area contributed by atoms with Gasteiger partial charge in [0.2, 0.25) is 0 Å². The zero-order valence-corrected chi connectivity index (χ0v) is 19.4. The van der Waals surface area contributed by atoms with Crippen molar-refractivity contribution in [1.29, 1.82) is 0 Å². The van der Waals surface area contributed by atoms with Crippen LogP contribution < -0.4 is 11.2 Å². The van der Waals surface area contributed by atoms with Crippen LogP contribution in [0.25, 0.3) is 0 Å². The minimum Gasteiger partial charge on any atom is -0.455 e. The number of nitrogens with zero attached hydrogens (tertiary/aromatic N) is 1. The molecule has 0 spiro atoms. The first kappa shape index (κ1) is 28.7. The Morgan fingerprint density at radius 3 is 2.29 bits per heavy atom. The van der Waals surface area contributed by atoms with Crippen LogP contribution >= 0.6 is 23.5 Å². The minimum atomic E-state index is -5.80. The molecular formula is C12H19N2O17P3. The molecule has 1 aromatic heterocycles. The summed E-state index contributed by atoms with van der Waals surface area (Å²) in [6.45, 7) is -0.985. The van der Waals surface area contributed by atoms with Gasteiger partial charge < -0.3 is 39.3 Å². The van der Waals surface area contributed by atoms with Gasteiger partial charge in [-0.2, -0.15) is 8.62 Å². The molecule has 0 saturated carbocycles. The fourth-order valence-electron chi connectivity index (χ4n) is 2.70. The van der Waals surface area contributed by atoms with Gasteiger partial charge in [0.1, 0.15) is 12.2 Å². The van der Waals surface area contributed by atoms with Crippen molar-refractivity contribution in [3.63, 3.8) is 0 Å². The molecule has 3 unspecified atom stereocenters. The van der Waals surface area contributed by atoms with Crippen molar-refractivity contribution >= 4 is 29.4 Å². The zero-order chi connectivity index (χ0) is 26.1. The number of phosphoric acid groups is 3. The van der Waals surface area contributed by atoms with Crippen LogP contribution in [0.5, 0.6) is 0 Å². The number of nitrogens with one attached hydrogen (secondary N) is 1. The highest BCUT2D eigenvalue weighted by atomic mass is 31.3. The normalized spacial score (nSPS) is 26.6. The molecule has 0 amide bonds. The van der Waals surface area contributed by atoms with Crippen LogP contribution in [0.15, 0.2) is 15.8 Å². The number of rotatable bonds is 10. The average Bonchev–Trinajstić information content (AvgIpc) is 2.92. The van der Waals surface area contributed by atoms with Crippen LogP contribution in [0.1, 0.15) is 18.7 Å². The van der Waals surface area contributed by atoms with Crippen molar-refractivity contribution in [1.82, 2.24) is 9.55 Å². The fourth-order valence-corrected chi connectivity index (χ4v) is 5.73. The predicted molar refractivity (Wildman–Crippen MR) is 103 cm³/mol. The molecule has 1 aliphatic rings. The van der Waals surface area contributed by atoms with Crippen molar-refractivity contribution in [2.45, 2.75) is 38.1 Å². The third kappa shape index (κ3) is 7.73. The number of phosphoric ester groups is 1. The maximum absolute atomic E-state index is 12.2. The maximum Gasteiger partial charge on any atom is 0.490 e. The Balaban J connectivity index is 2.25. The zero-order valence-electron chi connectivity index (χ0n) is 16.8. The van der Waals surface area contributed by atoms with Gasteiger partial charge in [-0.25, -0.2) is 18.5 Å². The van der Waals surface area contributed by atoms with Crippen molar-refractivity contribution in [3.05, 3.63) is 32.6 Å². The molecule has 19 nitrogen and oxygen atoms in total. The van der Waals surface area contributed by atoms with Crippen LogP contribution in [-0.2, 0) is 47.7 Å². The van der Waals surface area contributed by atoms with Gasteiger partial charge in [-0.15, -0.1) is 0 Å². The first-order chi connectivity index (χ1) is 15.4. The van der Waals surface area contributed by atoms with E-state index in [0.717, 1.165) is 13.1 Å². The molecule has 0 aromatic carbocycles. The molecule has 1 fully saturated rings. The summed E-state index contributed by atoms with van der Waals surface area (Å²) in [5.74, 6) is -0.953. The summed E-state index contributed by atoms with van der Waals surface area (Å²) in [4.78, 5) is 72.8. The number of H-pyrrole nitrogens is 1. The van der Waals surface area contributed by atoms with E-state index in [-0.39, 0.29) is 5.56 Å². The van der Waals surface area contributed by atoms with Gasteiger partial charge in [0.25, 0.3) is 5.56 Å². The Kier molecular flexibility index (Phi) is 8.93. The molecule has 6 atom stereocenters. The van der Waals surface area contributed by atoms with Crippen LogP contribution in [0.4, 0.5) is 0 Å². The maximum atomic E-state index is 12.2. The van der Waals surface area contributed by atoms with Gasteiger partial charge in [0.15, 0.2) is 12.3 Å². The molecule has 194 valence electrons. The van der Waals surface area contributed by atoms with E-state index in [9.17, 15) is 43.2 Å². The molecule has 2 heterocycles. The first-order valence-corrected chi connectivity index (χ1v) is 13.2. The lowest BCUT2D eigenvalue weighted by molar-refractivity contribution is -0.156. The molecule has 34 heavy (non-hydrogen) atoms. The summed E-state index contributed by atoms with van der Waals surface area (Å²) in [6, 6.07) is 0. The number of ether oxygens (including phenoxy) is 2. The number of esters is 1. The van der Waals surface area contributed by atoms with E-state index >= 15 is 0 Å². The van der Waals surface area contributed by atoms with E-state index in [2.05, 4.69) is 13.1 Å². The Morgan fingerprint density at radius 1 is 1.15 bits per heavy atom. The molecule has 0 bridgehead atoms. The van der Waals surface area contributed by atoms with E-state index in [1.54, 1.807) is 0 Å². The standard InChI is InChI=1S/C12H19N2O17P3/c1-5(16)28-9-8(17)7(4-27-33(23,24)31-34(25,26)30-32(20,21)22)29-11(9)14-2-6(3-15)10(18)13-12(14)19/h2,7-9,11,15,17H,3-4H2,1H3,(H,23,24)(H,25,26)(H,13,18,19)(H2,20,21,22)/t7-,8?,9+,11-/m1/s1. The number of hydrogen-bond acceptors (Lipinski definition) is 13. The number of aliphatic hydroxyl groups is 2. The van der Waals surface area contributed by atoms with E-state index in [1.807, 2.05) is 4.98 Å². The van der Waals surface area contributed by atoms with Gasteiger partial charge in [0.05, 0.1) is 18.8 Å². The Hall–Kier alpha value is -1.56. The topological polar surface area (TPSA) is 291 Å². The van der Waals surface area contributed by atoms with Crippen LogP contribution in [0.3, 0.4) is 0 Å². The summed E-state index contributed by atoms with van der Waals surface area (Å²) < 4.78 is 56.2. The Morgan fingerprint density at radius 2 is 1.76 bits per heavy atom. The summed E-state index contributed by atoms with van der Waals surface area (Å²) in [5.41, 5.74) is -2.35. The first-order valence-electron chi connectivity index (χ1n) is 8.69. The molecule has 2 rings (SSSR count). The lowest BCUT2D eigenvalue weighted by atomic mass is 10.1. The number of aromatic nitrogens is 2. The van der Waals surface area contributed by atoms with Gasteiger partial charge >= 0.3 is 35.1 Å². The molecule has 1 saturated heterocycles. The second kappa shape index (κ2) is 10.6. The van der Waals surface area contributed by atoms with Crippen molar-refractivity contribution in [2.75, 3.05) is 6.61 Å². The number of aliphatic hydroxyl groups excluding tert-OH is 2. The smallest absolute Gasteiger partial charge is 0.455 e. The highest BCUT2D eigenvalue weighted by Crippen LogP contribution is 2.66. The van der Waals surface area contributed by atoms with Crippen LogP contribution in [0, 0.1) is 0 Å². The Labute approximate surface area is 187 Å². The highest BCUT2D eigenvalue weighted by molar-refractivity contribution is 7.66. The second-order valence-electron chi connectivity index (χ2n) is 6.50. The summed E-state index contributed by atoms with van der Waals surface area (Å²) in [7, 11) is -17.0. The largest absolute Gasteiger partial charge is 0.490 e. The quantitative estimate of drug-likeness (QED) is 0.116.